The number of hydrogen-bond acceptors (Lipinski definition) is 4. The van der Waals surface area contributed by atoms with E-state index in [0.29, 0.717) is 3.82 Å². The van der Waals surface area contributed by atoms with E-state index in [1.807, 2.05) is 0 Å². The van der Waals surface area contributed by atoms with Gasteiger partial charge in [-0.1, -0.05) is 0 Å². The lowest BCUT2D eigenvalue weighted by atomic mass is 10.3. The SMILES string of the molecule is CN(Cl)S(=O)(=O)c1ccc([N+](=O)[O-])cc1. The lowest BCUT2D eigenvalue weighted by molar-refractivity contribution is -0.384. The van der Waals surface area contributed by atoms with Gasteiger partial charge in [-0.25, -0.2) is 8.42 Å². The quantitative estimate of drug-likeness (QED) is 0.461. The molecule has 0 atom stereocenters. The summed E-state index contributed by atoms with van der Waals surface area (Å²) in [7, 11) is -2.58. The smallest absolute Gasteiger partial charge is 0.258 e. The fourth-order valence-electron chi connectivity index (χ4n) is 0.885. The first-order valence-corrected chi connectivity index (χ1v) is 5.52. The molecule has 6 nitrogen and oxygen atoms in total. The molecule has 0 heterocycles. The van der Waals surface area contributed by atoms with E-state index in [9.17, 15) is 18.5 Å². The molecule has 0 saturated carbocycles. The third kappa shape index (κ3) is 2.44. The van der Waals surface area contributed by atoms with Crippen LogP contribution in [0.3, 0.4) is 0 Å². The molecule has 1 aromatic carbocycles. The second-order valence-corrected chi connectivity index (χ2v) is 5.32. The topological polar surface area (TPSA) is 80.5 Å². The minimum atomic E-state index is -3.74. The van der Waals surface area contributed by atoms with Gasteiger partial charge in [0.1, 0.15) is 0 Å². The van der Waals surface area contributed by atoms with Crippen LogP contribution < -0.4 is 0 Å². The van der Waals surface area contributed by atoms with Crippen LogP contribution in [0.4, 0.5) is 5.69 Å². The summed E-state index contributed by atoms with van der Waals surface area (Å²) in [6.07, 6.45) is 0. The molecule has 0 saturated heterocycles. The van der Waals surface area contributed by atoms with Gasteiger partial charge in [0.05, 0.1) is 9.82 Å². The van der Waals surface area contributed by atoms with Crippen molar-refractivity contribution in [3.05, 3.63) is 34.4 Å². The molecule has 1 rings (SSSR count). The summed E-state index contributed by atoms with van der Waals surface area (Å²) in [5.74, 6) is 0. The number of hydrogen-bond donors (Lipinski definition) is 0. The van der Waals surface area contributed by atoms with Crippen LogP contribution in [0.2, 0.25) is 0 Å². The molecule has 82 valence electrons. The second-order valence-electron chi connectivity index (χ2n) is 2.65. The molecule has 0 bridgehead atoms. The first-order chi connectivity index (χ1) is 6.85. The largest absolute Gasteiger partial charge is 0.269 e. The Balaban J connectivity index is 3.15. The van der Waals surface area contributed by atoms with E-state index in [4.69, 9.17) is 11.8 Å². The van der Waals surface area contributed by atoms with Crippen LogP contribution in [0.1, 0.15) is 0 Å². The van der Waals surface area contributed by atoms with E-state index < -0.39 is 14.9 Å². The standard InChI is InChI=1S/C7H7ClN2O4S/c1-9(8)15(13,14)7-4-2-6(3-5-7)10(11)12/h2-5H,1H3. The second kappa shape index (κ2) is 4.13. The van der Waals surface area contributed by atoms with Crippen molar-refractivity contribution in [3.63, 3.8) is 0 Å². The number of non-ortho nitro benzene ring substituents is 1. The number of nitro groups is 1. The molecule has 0 aromatic heterocycles. The van der Waals surface area contributed by atoms with Crippen molar-refractivity contribution in [2.75, 3.05) is 7.05 Å². The number of nitro benzene ring substituents is 1. The Hall–Kier alpha value is -1.18. The molecule has 0 spiro atoms. The minimum Gasteiger partial charge on any atom is -0.258 e. The van der Waals surface area contributed by atoms with Crippen LogP contribution in [-0.2, 0) is 10.0 Å². The van der Waals surface area contributed by atoms with Crippen LogP contribution in [0, 0.1) is 10.1 Å². The van der Waals surface area contributed by atoms with E-state index >= 15 is 0 Å². The maximum absolute atomic E-state index is 11.4. The van der Waals surface area contributed by atoms with Gasteiger partial charge in [0.15, 0.2) is 0 Å². The zero-order valence-corrected chi connectivity index (χ0v) is 9.20. The lowest BCUT2D eigenvalue weighted by Gasteiger charge is -2.07. The molecule has 0 radical (unpaired) electrons. The molecular weight excluding hydrogens is 244 g/mol. The average molecular weight is 251 g/mol. The molecule has 1 aromatic rings. The summed E-state index contributed by atoms with van der Waals surface area (Å²) in [6.45, 7) is 0. The van der Waals surface area contributed by atoms with Crippen LogP contribution in [0.5, 0.6) is 0 Å². The van der Waals surface area contributed by atoms with E-state index in [0.717, 1.165) is 31.3 Å². The molecule has 0 aliphatic carbocycles. The van der Waals surface area contributed by atoms with Crippen LogP contribution in [0.25, 0.3) is 0 Å². The van der Waals surface area contributed by atoms with Gasteiger partial charge in [-0.2, -0.15) is 0 Å². The summed E-state index contributed by atoms with van der Waals surface area (Å²) in [6, 6.07) is 4.47. The Morgan fingerprint density at radius 3 is 2.13 bits per heavy atom. The van der Waals surface area contributed by atoms with E-state index in [2.05, 4.69) is 0 Å². The highest BCUT2D eigenvalue weighted by Crippen LogP contribution is 2.19. The summed E-state index contributed by atoms with van der Waals surface area (Å²) < 4.78 is 23.4. The zero-order chi connectivity index (χ0) is 11.6. The summed E-state index contributed by atoms with van der Waals surface area (Å²) in [4.78, 5) is 9.61. The number of rotatable bonds is 3. The Morgan fingerprint density at radius 1 is 1.33 bits per heavy atom. The van der Waals surface area contributed by atoms with Crippen molar-refractivity contribution in [1.29, 1.82) is 0 Å². The normalized spacial score (nSPS) is 11.7. The van der Waals surface area contributed by atoms with Crippen molar-refractivity contribution in [1.82, 2.24) is 3.82 Å². The first kappa shape index (κ1) is 11.9. The van der Waals surface area contributed by atoms with Crippen molar-refractivity contribution < 1.29 is 13.3 Å². The van der Waals surface area contributed by atoms with Gasteiger partial charge in [0.2, 0.25) is 0 Å². The number of benzene rings is 1. The van der Waals surface area contributed by atoms with E-state index in [1.54, 1.807) is 0 Å². The molecule has 0 unspecified atom stereocenters. The van der Waals surface area contributed by atoms with Crippen molar-refractivity contribution >= 4 is 27.5 Å². The summed E-state index contributed by atoms with van der Waals surface area (Å²) >= 11 is 5.32. The molecule has 15 heavy (non-hydrogen) atoms. The number of halogens is 1. The molecule has 0 amide bonds. The molecule has 8 heteroatoms. The van der Waals surface area contributed by atoms with Crippen LogP contribution in [0.15, 0.2) is 29.2 Å². The van der Waals surface area contributed by atoms with Gasteiger partial charge in [-0.15, -0.1) is 3.82 Å². The monoisotopic (exact) mass is 250 g/mol. The van der Waals surface area contributed by atoms with Crippen LogP contribution >= 0.6 is 11.8 Å². The van der Waals surface area contributed by atoms with Crippen molar-refractivity contribution in [3.8, 4) is 0 Å². The molecule has 0 N–H and O–H groups in total. The van der Waals surface area contributed by atoms with Crippen molar-refractivity contribution in [2.24, 2.45) is 0 Å². The lowest BCUT2D eigenvalue weighted by Crippen LogP contribution is -2.16. The summed E-state index contributed by atoms with van der Waals surface area (Å²) in [5, 5.41) is 10.3. The fourth-order valence-corrected chi connectivity index (χ4v) is 1.89. The third-order valence-electron chi connectivity index (χ3n) is 1.68. The first-order valence-electron chi connectivity index (χ1n) is 3.75. The fraction of sp³-hybridized carbons (Fsp3) is 0.143. The van der Waals surface area contributed by atoms with Gasteiger partial charge >= 0.3 is 0 Å². The highest BCUT2D eigenvalue weighted by atomic mass is 35.5. The van der Waals surface area contributed by atoms with Crippen molar-refractivity contribution in [2.45, 2.75) is 4.90 Å². The van der Waals surface area contributed by atoms with Crippen LogP contribution in [-0.4, -0.2) is 24.2 Å². The summed E-state index contributed by atoms with van der Waals surface area (Å²) in [5.41, 5.74) is -0.175. The van der Waals surface area contributed by atoms with Gasteiger partial charge in [0, 0.05) is 19.2 Å². The maximum atomic E-state index is 11.4. The molecule has 0 aliphatic heterocycles. The Kier molecular flexibility index (Phi) is 3.28. The molecule has 0 aliphatic rings. The highest BCUT2D eigenvalue weighted by molar-refractivity contribution is 7.90. The number of sulfonamides is 1. The number of nitrogens with zero attached hydrogens (tertiary/aromatic N) is 2. The molecular formula is C7H7ClN2O4S. The Bertz CT molecular complexity index is 468. The van der Waals surface area contributed by atoms with Gasteiger partial charge < -0.3 is 0 Å². The third-order valence-corrected chi connectivity index (χ3v) is 3.75. The van der Waals surface area contributed by atoms with E-state index in [-0.39, 0.29) is 10.6 Å². The Labute approximate surface area is 91.4 Å². The maximum Gasteiger partial charge on any atom is 0.269 e. The van der Waals surface area contributed by atoms with Gasteiger partial charge in [0.25, 0.3) is 15.7 Å². The minimum absolute atomic E-state index is 0.0920. The van der Waals surface area contributed by atoms with Gasteiger partial charge in [-0.05, 0) is 23.9 Å². The zero-order valence-electron chi connectivity index (χ0n) is 7.62. The highest BCUT2D eigenvalue weighted by Gasteiger charge is 2.19. The predicted molar refractivity (Wildman–Crippen MR) is 53.9 cm³/mol. The van der Waals surface area contributed by atoms with E-state index in [1.165, 1.54) is 0 Å². The molecule has 0 fully saturated rings. The average Bonchev–Trinajstić information content (AvgIpc) is 2.17. The van der Waals surface area contributed by atoms with Gasteiger partial charge in [-0.3, -0.25) is 10.1 Å². The predicted octanol–water partition coefficient (Wildman–Crippen LogP) is 1.37. The Morgan fingerprint density at radius 2 is 1.80 bits per heavy atom.